The van der Waals surface area contributed by atoms with Crippen molar-refractivity contribution in [2.24, 2.45) is 0 Å². The van der Waals surface area contributed by atoms with Gasteiger partial charge in [-0.1, -0.05) is 45.2 Å². The van der Waals surface area contributed by atoms with E-state index in [0.29, 0.717) is 16.0 Å². The fourth-order valence-corrected chi connectivity index (χ4v) is 3.46. The molecule has 0 aliphatic carbocycles. The predicted molar refractivity (Wildman–Crippen MR) is 92.2 cm³/mol. The summed E-state index contributed by atoms with van der Waals surface area (Å²) in [4.78, 5) is 9.03. The highest BCUT2D eigenvalue weighted by molar-refractivity contribution is 9.10. The molecular formula is C16H11BrCl2N2. The van der Waals surface area contributed by atoms with E-state index in [9.17, 15) is 0 Å². The molecule has 0 aliphatic heterocycles. The molecule has 5 heteroatoms. The van der Waals surface area contributed by atoms with E-state index in [0.717, 1.165) is 32.1 Å². The summed E-state index contributed by atoms with van der Waals surface area (Å²) in [7, 11) is 0. The summed E-state index contributed by atoms with van der Waals surface area (Å²) in [5.41, 5.74) is 3.82. The number of aryl methyl sites for hydroxylation is 2. The number of hydrogen-bond donors (Lipinski definition) is 0. The van der Waals surface area contributed by atoms with Crippen LogP contribution in [-0.4, -0.2) is 9.97 Å². The van der Waals surface area contributed by atoms with Crippen molar-refractivity contribution in [1.82, 2.24) is 9.97 Å². The average molecular weight is 382 g/mol. The van der Waals surface area contributed by atoms with Gasteiger partial charge in [0.05, 0.1) is 10.5 Å². The van der Waals surface area contributed by atoms with Gasteiger partial charge in [0.25, 0.3) is 0 Å². The minimum atomic E-state index is 0.450. The van der Waals surface area contributed by atoms with Crippen molar-refractivity contribution < 1.29 is 0 Å². The van der Waals surface area contributed by atoms with Crippen molar-refractivity contribution in [3.8, 4) is 11.4 Å². The van der Waals surface area contributed by atoms with Gasteiger partial charge in [0.2, 0.25) is 0 Å². The number of rotatable bonds is 1. The Bertz CT molecular complexity index is 863. The maximum absolute atomic E-state index is 6.35. The summed E-state index contributed by atoms with van der Waals surface area (Å²) in [5, 5.41) is 1.93. The molecule has 2 nitrogen and oxygen atoms in total. The summed E-state index contributed by atoms with van der Waals surface area (Å²) in [6.07, 6.45) is 0. The monoisotopic (exact) mass is 380 g/mol. The molecule has 0 spiro atoms. The number of benzene rings is 2. The fraction of sp³-hybridized carbons (Fsp3) is 0.125. The van der Waals surface area contributed by atoms with Crippen LogP contribution in [0.2, 0.25) is 10.2 Å². The molecule has 1 heterocycles. The van der Waals surface area contributed by atoms with Gasteiger partial charge in [-0.05, 0) is 49.2 Å². The van der Waals surface area contributed by atoms with Crippen LogP contribution in [0.5, 0.6) is 0 Å². The second kappa shape index (κ2) is 5.56. The van der Waals surface area contributed by atoms with Crippen molar-refractivity contribution in [3.63, 3.8) is 0 Å². The lowest BCUT2D eigenvalue weighted by atomic mass is 10.1. The average Bonchev–Trinajstić information content (AvgIpc) is 2.36. The maximum atomic E-state index is 6.35. The van der Waals surface area contributed by atoms with Crippen molar-refractivity contribution in [2.45, 2.75) is 13.8 Å². The van der Waals surface area contributed by atoms with Crippen LogP contribution >= 0.6 is 39.1 Å². The summed E-state index contributed by atoms with van der Waals surface area (Å²) in [6, 6.07) is 9.69. The van der Waals surface area contributed by atoms with E-state index in [1.807, 2.05) is 38.1 Å². The maximum Gasteiger partial charge on any atom is 0.162 e. The molecule has 3 aromatic rings. The first-order chi connectivity index (χ1) is 9.95. The molecule has 0 unspecified atom stereocenters. The lowest BCUT2D eigenvalue weighted by Crippen LogP contribution is -1.95. The van der Waals surface area contributed by atoms with Crippen LogP contribution in [0, 0.1) is 13.8 Å². The molecule has 2 aromatic carbocycles. The predicted octanol–water partition coefficient (Wildman–Crippen LogP) is 5.98. The highest BCUT2D eigenvalue weighted by Gasteiger charge is 2.13. The van der Waals surface area contributed by atoms with Crippen molar-refractivity contribution in [1.29, 1.82) is 0 Å². The van der Waals surface area contributed by atoms with Gasteiger partial charge in [0, 0.05) is 15.4 Å². The number of nitrogens with zero attached hydrogens (tertiary/aromatic N) is 2. The van der Waals surface area contributed by atoms with Gasteiger partial charge in [-0.2, -0.15) is 0 Å². The molecule has 0 aliphatic rings. The van der Waals surface area contributed by atoms with E-state index in [4.69, 9.17) is 23.2 Å². The van der Waals surface area contributed by atoms with Gasteiger partial charge in [0.15, 0.2) is 5.82 Å². The molecule has 0 saturated heterocycles. The Morgan fingerprint density at radius 1 is 1.00 bits per heavy atom. The molecule has 0 atom stereocenters. The Morgan fingerprint density at radius 3 is 2.48 bits per heavy atom. The molecule has 106 valence electrons. The molecule has 0 N–H and O–H groups in total. The Balaban J connectivity index is 2.30. The molecule has 0 fully saturated rings. The Labute approximate surface area is 141 Å². The third-order valence-corrected chi connectivity index (χ3v) is 4.35. The van der Waals surface area contributed by atoms with E-state index >= 15 is 0 Å². The van der Waals surface area contributed by atoms with Crippen molar-refractivity contribution in [2.75, 3.05) is 0 Å². The largest absolute Gasteiger partial charge is 0.228 e. The zero-order valence-corrected chi connectivity index (χ0v) is 14.5. The minimum absolute atomic E-state index is 0.450. The van der Waals surface area contributed by atoms with Gasteiger partial charge in [-0.15, -0.1) is 0 Å². The summed E-state index contributed by atoms with van der Waals surface area (Å²) in [5.74, 6) is 0.537. The van der Waals surface area contributed by atoms with E-state index in [1.165, 1.54) is 0 Å². The molecule has 0 radical (unpaired) electrons. The number of fused-ring (bicyclic) bond motifs is 1. The topological polar surface area (TPSA) is 25.8 Å². The molecule has 3 rings (SSSR count). The van der Waals surface area contributed by atoms with E-state index in [2.05, 4.69) is 32.0 Å². The Kier molecular flexibility index (Phi) is 3.91. The molecule has 0 bridgehead atoms. The van der Waals surface area contributed by atoms with Crippen LogP contribution in [0.3, 0.4) is 0 Å². The van der Waals surface area contributed by atoms with E-state index in [-0.39, 0.29) is 0 Å². The molecule has 1 aromatic heterocycles. The van der Waals surface area contributed by atoms with Crippen molar-refractivity contribution in [3.05, 3.63) is 56.1 Å². The zero-order chi connectivity index (χ0) is 15.1. The zero-order valence-electron chi connectivity index (χ0n) is 11.4. The molecule has 0 amide bonds. The van der Waals surface area contributed by atoms with Crippen molar-refractivity contribution >= 4 is 50.0 Å². The van der Waals surface area contributed by atoms with Crippen LogP contribution in [0.1, 0.15) is 11.1 Å². The normalized spacial score (nSPS) is 11.1. The fourth-order valence-electron chi connectivity index (χ4n) is 2.38. The van der Waals surface area contributed by atoms with Gasteiger partial charge >= 0.3 is 0 Å². The number of hydrogen-bond acceptors (Lipinski definition) is 2. The molecular weight excluding hydrogens is 371 g/mol. The summed E-state index contributed by atoms with van der Waals surface area (Å²) in [6.45, 7) is 4.05. The van der Waals surface area contributed by atoms with E-state index < -0.39 is 0 Å². The quantitative estimate of drug-likeness (QED) is 0.484. The first-order valence-corrected chi connectivity index (χ1v) is 7.90. The highest BCUT2D eigenvalue weighted by Crippen LogP contribution is 2.32. The first kappa shape index (κ1) is 14.8. The standard InChI is InChI=1S/C16H11BrCl2N2/c1-8-5-9(2)14-13(6-8)20-16(21-15(14)19)11-4-3-10(17)7-12(11)18/h3-7H,1-2H3. The first-order valence-electron chi connectivity index (χ1n) is 6.35. The van der Waals surface area contributed by atoms with Gasteiger partial charge in [-0.3, -0.25) is 0 Å². The van der Waals surface area contributed by atoms with Crippen LogP contribution in [0.25, 0.3) is 22.3 Å². The smallest absolute Gasteiger partial charge is 0.162 e. The van der Waals surface area contributed by atoms with Crippen LogP contribution in [-0.2, 0) is 0 Å². The summed E-state index contributed by atoms with van der Waals surface area (Å²) >= 11 is 16.0. The lowest BCUT2D eigenvalue weighted by molar-refractivity contribution is 1.21. The number of aromatic nitrogens is 2. The SMILES string of the molecule is Cc1cc(C)c2c(Cl)nc(-c3ccc(Br)cc3Cl)nc2c1. The molecule has 21 heavy (non-hydrogen) atoms. The highest BCUT2D eigenvalue weighted by atomic mass is 79.9. The number of halogens is 3. The van der Waals surface area contributed by atoms with Gasteiger partial charge in [-0.25, -0.2) is 9.97 Å². The van der Waals surface area contributed by atoms with Crippen LogP contribution < -0.4 is 0 Å². The second-order valence-electron chi connectivity index (χ2n) is 4.94. The van der Waals surface area contributed by atoms with Gasteiger partial charge < -0.3 is 0 Å². The minimum Gasteiger partial charge on any atom is -0.228 e. The van der Waals surface area contributed by atoms with Gasteiger partial charge in [0.1, 0.15) is 5.15 Å². The summed E-state index contributed by atoms with van der Waals surface area (Å²) < 4.78 is 0.912. The van der Waals surface area contributed by atoms with E-state index in [1.54, 1.807) is 0 Å². The van der Waals surface area contributed by atoms with Crippen LogP contribution in [0.4, 0.5) is 0 Å². The second-order valence-corrected chi connectivity index (χ2v) is 6.62. The third-order valence-electron chi connectivity index (χ3n) is 3.27. The Hall–Kier alpha value is -1.16. The Morgan fingerprint density at radius 2 is 1.76 bits per heavy atom. The lowest BCUT2D eigenvalue weighted by Gasteiger charge is -2.09. The van der Waals surface area contributed by atoms with Crippen LogP contribution in [0.15, 0.2) is 34.8 Å². The molecule has 0 saturated carbocycles. The third kappa shape index (κ3) is 2.78.